The monoisotopic (exact) mass is 352 g/mol. The number of nitrogens with one attached hydrogen (secondary N) is 1. The molecule has 0 radical (unpaired) electrons. The molecule has 0 heterocycles. The van der Waals surface area contributed by atoms with Gasteiger partial charge in [-0.1, -0.05) is 26.0 Å². The maximum atomic E-state index is 12.1. The van der Waals surface area contributed by atoms with Gasteiger partial charge < -0.3 is 14.8 Å². The van der Waals surface area contributed by atoms with Crippen LogP contribution in [-0.4, -0.2) is 25.1 Å². The van der Waals surface area contributed by atoms with Crippen LogP contribution in [0.1, 0.15) is 29.8 Å². The summed E-state index contributed by atoms with van der Waals surface area (Å²) in [6.07, 6.45) is 0. The minimum Gasteiger partial charge on any atom is -0.493 e. The predicted octanol–water partition coefficient (Wildman–Crippen LogP) is 3.39. The second-order valence-corrected chi connectivity index (χ2v) is 6.05. The van der Waals surface area contributed by atoms with Crippen molar-refractivity contribution in [2.45, 2.75) is 13.8 Å². The average molecular weight is 352 g/mol. The first-order chi connectivity index (χ1) is 12.5. The Morgan fingerprint density at radius 1 is 1.15 bits per heavy atom. The Morgan fingerprint density at radius 3 is 2.65 bits per heavy atom. The third-order valence-corrected chi connectivity index (χ3v) is 3.26. The normalized spacial score (nSPS) is 10.1. The van der Waals surface area contributed by atoms with Crippen molar-refractivity contribution in [2.75, 3.05) is 18.5 Å². The summed E-state index contributed by atoms with van der Waals surface area (Å²) in [7, 11) is 0. The zero-order valence-corrected chi connectivity index (χ0v) is 14.7. The Balaban J connectivity index is 1.88. The van der Waals surface area contributed by atoms with E-state index < -0.39 is 18.5 Å². The molecule has 0 aliphatic rings. The first-order valence-corrected chi connectivity index (χ1v) is 8.18. The number of esters is 1. The molecule has 0 unspecified atom stereocenters. The molecule has 0 spiro atoms. The van der Waals surface area contributed by atoms with E-state index in [1.165, 1.54) is 6.07 Å². The first-order valence-electron chi connectivity index (χ1n) is 8.18. The molecule has 6 nitrogen and oxygen atoms in total. The number of carbonyl (C=O) groups excluding carboxylic acids is 2. The van der Waals surface area contributed by atoms with E-state index in [0.717, 1.165) is 0 Å². The molecule has 1 N–H and O–H groups in total. The smallest absolute Gasteiger partial charge is 0.338 e. The van der Waals surface area contributed by atoms with Gasteiger partial charge in [0.05, 0.1) is 23.8 Å². The lowest BCUT2D eigenvalue weighted by atomic mass is 10.2. The zero-order valence-electron chi connectivity index (χ0n) is 14.7. The van der Waals surface area contributed by atoms with E-state index >= 15 is 0 Å². The average Bonchev–Trinajstić information content (AvgIpc) is 2.64. The highest BCUT2D eigenvalue weighted by Gasteiger charge is 2.12. The SMILES string of the molecule is CC(C)COc1cccc(C(=O)OCC(=O)Nc2cccc(C#N)c2)c1. The zero-order chi connectivity index (χ0) is 18.9. The number of hydrogen-bond acceptors (Lipinski definition) is 5. The summed E-state index contributed by atoms with van der Waals surface area (Å²) in [6.45, 7) is 4.18. The Bertz CT molecular complexity index is 825. The lowest BCUT2D eigenvalue weighted by molar-refractivity contribution is -0.119. The Hall–Kier alpha value is -3.33. The van der Waals surface area contributed by atoms with Gasteiger partial charge in [0.1, 0.15) is 5.75 Å². The van der Waals surface area contributed by atoms with Gasteiger partial charge in [-0.3, -0.25) is 4.79 Å². The van der Waals surface area contributed by atoms with E-state index in [4.69, 9.17) is 14.7 Å². The summed E-state index contributed by atoms with van der Waals surface area (Å²) in [5.74, 6) is -0.152. The third-order valence-electron chi connectivity index (χ3n) is 3.26. The van der Waals surface area contributed by atoms with Crippen LogP contribution in [0.4, 0.5) is 5.69 Å². The van der Waals surface area contributed by atoms with Gasteiger partial charge >= 0.3 is 5.97 Å². The van der Waals surface area contributed by atoms with Crippen LogP contribution < -0.4 is 10.1 Å². The highest BCUT2D eigenvalue weighted by molar-refractivity contribution is 5.95. The lowest BCUT2D eigenvalue weighted by Gasteiger charge is -2.10. The van der Waals surface area contributed by atoms with Crippen LogP contribution in [0.15, 0.2) is 48.5 Å². The van der Waals surface area contributed by atoms with E-state index in [-0.39, 0.29) is 0 Å². The molecule has 0 aliphatic heterocycles. The molecule has 2 aromatic rings. The quantitative estimate of drug-likeness (QED) is 0.772. The fourth-order valence-corrected chi connectivity index (χ4v) is 2.05. The lowest BCUT2D eigenvalue weighted by Crippen LogP contribution is -2.21. The molecule has 0 aliphatic carbocycles. The van der Waals surface area contributed by atoms with Crippen LogP contribution >= 0.6 is 0 Å². The molecule has 134 valence electrons. The first kappa shape index (κ1) is 19.0. The van der Waals surface area contributed by atoms with Gasteiger partial charge in [-0.25, -0.2) is 4.79 Å². The molecule has 2 rings (SSSR count). The van der Waals surface area contributed by atoms with Crippen LogP contribution in [0.2, 0.25) is 0 Å². The Labute approximate surface area is 152 Å². The number of ether oxygens (including phenoxy) is 2. The summed E-state index contributed by atoms with van der Waals surface area (Å²) < 4.78 is 10.6. The standard InChI is InChI=1S/C20H20N2O4/c1-14(2)12-25-18-8-4-6-16(10-18)20(24)26-13-19(23)22-17-7-3-5-15(9-17)11-21/h3-10,14H,12-13H2,1-2H3,(H,22,23). The number of nitrogens with zero attached hydrogens (tertiary/aromatic N) is 1. The van der Waals surface area contributed by atoms with Crippen LogP contribution in [-0.2, 0) is 9.53 Å². The fraction of sp³-hybridized carbons (Fsp3) is 0.250. The van der Waals surface area contributed by atoms with E-state index in [0.29, 0.717) is 35.1 Å². The van der Waals surface area contributed by atoms with Crippen molar-refractivity contribution in [3.63, 3.8) is 0 Å². The Morgan fingerprint density at radius 2 is 1.92 bits per heavy atom. The molecule has 0 saturated heterocycles. The summed E-state index contributed by atoms with van der Waals surface area (Å²) >= 11 is 0. The molecule has 1 amide bonds. The number of anilines is 1. The second kappa shape index (κ2) is 9.23. The molecular weight excluding hydrogens is 332 g/mol. The summed E-state index contributed by atoms with van der Waals surface area (Å²) in [4.78, 5) is 24.0. The van der Waals surface area contributed by atoms with Gasteiger partial charge in [-0.2, -0.15) is 5.26 Å². The molecule has 0 atom stereocenters. The number of benzene rings is 2. The van der Waals surface area contributed by atoms with Crippen LogP contribution in [0.25, 0.3) is 0 Å². The van der Waals surface area contributed by atoms with Gasteiger partial charge in [-0.05, 0) is 42.3 Å². The predicted molar refractivity (Wildman–Crippen MR) is 96.8 cm³/mol. The minimum atomic E-state index is -0.610. The van der Waals surface area contributed by atoms with Gasteiger partial charge in [0, 0.05) is 5.69 Å². The van der Waals surface area contributed by atoms with Crippen LogP contribution in [0.5, 0.6) is 5.75 Å². The maximum absolute atomic E-state index is 12.1. The molecule has 0 bridgehead atoms. The van der Waals surface area contributed by atoms with Gasteiger partial charge in [0.2, 0.25) is 0 Å². The molecule has 2 aromatic carbocycles. The molecule has 0 saturated carbocycles. The van der Waals surface area contributed by atoms with Crippen molar-refractivity contribution >= 4 is 17.6 Å². The molecular formula is C20H20N2O4. The summed E-state index contributed by atoms with van der Waals surface area (Å²) in [5, 5.41) is 11.4. The van der Waals surface area contributed by atoms with Crippen molar-refractivity contribution in [3.8, 4) is 11.8 Å². The van der Waals surface area contributed by atoms with E-state index in [1.807, 2.05) is 19.9 Å². The highest BCUT2D eigenvalue weighted by Crippen LogP contribution is 2.15. The van der Waals surface area contributed by atoms with Gasteiger partial charge in [0.25, 0.3) is 5.91 Å². The van der Waals surface area contributed by atoms with Gasteiger partial charge in [0.15, 0.2) is 6.61 Å². The molecule has 26 heavy (non-hydrogen) atoms. The topological polar surface area (TPSA) is 88.4 Å². The van der Waals surface area contributed by atoms with Crippen molar-refractivity contribution in [2.24, 2.45) is 5.92 Å². The Kier molecular flexibility index (Phi) is 6.75. The second-order valence-electron chi connectivity index (χ2n) is 6.05. The largest absolute Gasteiger partial charge is 0.493 e. The van der Waals surface area contributed by atoms with Crippen molar-refractivity contribution < 1.29 is 19.1 Å². The van der Waals surface area contributed by atoms with Crippen LogP contribution in [0, 0.1) is 17.2 Å². The summed E-state index contributed by atoms with van der Waals surface area (Å²) in [6, 6.07) is 15.1. The highest BCUT2D eigenvalue weighted by atomic mass is 16.5. The summed E-state index contributed by atoms with van der Waals surface area (Å²) in [5.41, 5.74) is 1.21. The number of rotatable bonds is 7. The van der Waals surface area contributed by atoms with Crippen molar-refractivity contribution in [3.05, 3.63) is 59.7 Å². The minimum absolute atomic E-state index is 0.311. The number of nitriles is 1. The van der Waals surface area contributed by atoms with Gasteiger partial charge in [-0.15, -0.1) is 0 Å². The number of hydrogen-bond donors (Lipinski definition) is 1. The molecule has 6 heteroatoms. The number of amides is 1. The number of carbonyl (C=O) groups is 2. The molecule has 0 fully saturated rings. The third kappa shape index (κ3) is 5.95. The molecule has 0 aromatic heterocycles. The van der Waals surface area contributed by atoms with E-state index in [9.17, 15) is 9.59 Å². The van der Waals surface area contributed by atoms with E-state index in [1.54, 1.807) is 42.5 Å². The fourth-order valence-electron chi connectivity index (χ4n) is 2.05. The van der Waals surface area contributed by atoms with Crippen LogP contribution in [0.3, 0.4) is 0 Å². The van der Waals surface area contributed by atoms with Crippen molar-refractivity contribution in [1.82, 2.24) is 0 Å². The maximum Gasteiger partial charge on any atom is 0.338 e. The van der Waals surface area contributed by atoms with E-state index in [2.05, 4.69) is 5.32 Å². The van der Waals surface area contributed by atoms with Crippen molar-refractivity contribution in [1.29, 1.82) is 5.26 Å².